The Morgan fingerprint density at radius 1 is 0.743 bits per heavy atom. The molecule has 4 aromatic rings. The maximum atomic E-state index is 13.3. The van der Waals surface area contributed by atoms with Crippen molar-refractivity contribution < 1.29 is 13.2 Å². The van der Waals surface area contributed by atoms with Crippen LogP contribution in [0.5, 0.6) is 0 Å². The summed E-state index contributed by atoms with van der Waals surface area (Å²) in [5.74, 6) is -0.238. The van der Waals surface area contributed by atoms with Crippen LogP contribution in [0.3, 0.4) is 0 Å². The summed E-state index contributed by atoms with van der Waals surface area (Å²) in [6, 6.07) is 29.1. The van der Waals surface area contributed by atoms with Crippen molar-refractivity contribution >= 4 is 21.6 Å². The average Bonchev–Trinajstić information content (AvgIpc) is 2.85. The fourth-order valence-electron chi connectivity index (χ4n) is 3.95. The van der Waals surface area contributed by atoms with Crippen LogP contribution >= 0.6 is 0 Å². The summed E-state index contributed by atoms with van der Waals surface area (Å²) in [5.41, 5.74) is 5.60. The number of amides is 1. The van der Waals surface area contributed by atoms with Crippen molar-refractivity contribution in [3.63, 3.8) is 0 Å². The van der Waals surface area contributed by atoms with Gasteiger partial charge in [0.1, 0.15) is 0 Å². The van der Waals surface area contributed by atoms with Crippen LogP contribution in [0.2, 0.25) is 0 Å². The predicted molar refractivity (Wildman–Crippen MR) is 140 cm³/mol. The van der Waals surface area contributed by atoms with E-state index >= 15 is 0 Å². The Bertz CT molecular complexity index is 1450. The van der Waals surface area contributed by atoms with E-state index in [1.165, 1.54) is 0 Å². The number of carbonyl (C=O) groups is 1. The summed E-state index contributed by atoms with van der Waals surface area (Å²) in [5, 5.41) is 3.16. The Balaban J connectivity index is 1.58. The minimum Gasteiger partial charge on any atom is -0.341 e. The molecule has 2 N–H and O–H groups in total. The molecule has 0 aromatic heterocycles. The molecule has 0 aliphatic heterocycles. The van der Waals surface area contributed by atoms with Gasteiger partial charge in [-0.05, 0) is 73.4 Å². The van der Waals surface area contributed by atoms with Crippen molar-refractivity contribution in [3.8, 4) is 0 Å². The molecule has 0 spiro atoms. The molecule has 0 heterocycles. The highest BCUT2D eigenvalue weighted by Gasteiger charge is 2.20. The zero-order valence-electron chi connectivity index (χ0n) is 19.9. The summed E-state index contributed by atoms with van der Waals surface area (Å²) in [6.45, 7) is 5.70. The molecule has 0 radical (unpaired) electrons. The van der Waals surface area contributed by atoms with Crippen LogP contribution in [-0.2, 0) is 10.0 Å². The second-order valence-corrected chi connectivity index (χ2v) is 10.3. The van der Waals surface area contributed by atoms with E-state index in [4.69, 9.17) is 0 Å². The Morgan fingerprint density at radius 2 is 1.40 bits per heavy atom. The van der Waals surface area contributed by atoms with E-state index in [0.29, 0.717) is 16.8 Å². The first-order valence-corrected chi connectivity index (χ1v) is 12.8. The molecule has 4 rings (SSSR count). The van der Waals surface area contributed by atoms with Gasteiger partial charge in [-0.15, -0.1) is 0 Å². The molecule has 0 saturated carbocycles. The average molecular weight is 485 g/mol. The fraction of sp³-hybridized carbons (Fsp3) is 0.138. The van der Waals surface area contributed by atoms with Gasteiger partial charge in [0.25, 0.3) is 15.9 Å². The molecule has 5 nitrogen and oxygen atoms in total. The molecular weight excluding hydrogens is 456 g/mol. The summed E-state index contributed by atoms with van der Waals surface area (Å²) in [6.07, 6.45) is 0. The van der Waals surface area contributed by atoms with Crippen molar-refractivity contribution in [1.29, 1.82) is 0 Å². The van der Waals surface area contributed by atoms with Crippen LogP contribution in [-0.4, -0.2) is 14.3 Å². The highest BCUT2D eigenvalue weighted by molar-refractivity contribution is 7.92. The molecular formula is C29H28N2O3S. The SMILES string of the molecule is Cc1ccc(S(=O)(=O)Nc2ccc(C(=O)NC(c3ccccc3)c3ccccc3C)cc2C)cc1. The number of aryl methyl sites for hydroxylation is 3. The van der Waals surface area contributed by atoms with Crippen LogP contribution in [0.25, 0.3) is 0 Å². The number of hydrogen-bond donors (Lipinski definition) is 2. The number of anilines is 1. The quantitative estimate of drug-likeness (QED) is 0.341. The van der Waals surface area contributed by atoms with Crippen molar-refractivity contribution in [1.82, 2.24) is 5.32 Å². The molecule has 1 atom stereocenters. The van der Waals surface area contributed by atoms with Gasteiger partial charge in [-0.2, -0.15) is 0 Å². The minimum absolute atomic E-state index is 0.188. The van der Waals surface area contributed by atoms with E-state index in [0.717, 1.165) is 22.3 Å². The third kappa shape index (κ3) is 5.61. The molecule has 4 aromatic carbocycles. The smallest absolute Gasteiger partial charge is 0.261 e. The van der Waals surface area contributed by atoms with Gasteiger partial charge in [-0.3, -0.25) is 9.52 Å². The van der Waals surface area contributed by atoms with Crippen molar-refractivity contribution in [2.75, 3.05) is 4.72 Å². The topological polar surface area (TPSA) is 75.3 Å². The summed E-state index contributed by atoms with van der Waals surface area (Å²) < 4.78 is 28.2. The minimum atomic E-state index is -3.73. The maximum Gasteiger partial charge on any atom is 0.261 e. The first kappa shape index (κ1) is 24.2. The van der Waals surface area contributed by atoms with E-state index in [1.807, 2.05) is 68.4 Å². The molecule has 0 saturated heterocycles. The van der Waals surface area contributed by atoms with Gasteiger partial charge in [0, 0.05) is 5.56 Å². The highest BCUT2D eigenvalue weighted by atomic mass is 32.2. The first-order chi connectivity index (χ1) is 16.7. The second-order valence-electron chi connectivity index (χ2n) is 8.62. The standard InChI is InChI=1S/C29H28N2O3S/c1-20-13-16-25(17-14-20)35(33,34)31-27-18-15-24(19-22(27)3)29(32)30-28(23-10-5-4-6-11-23)26-12-8-7-9-21(26)2/h4-19,28,31H,1-3H3,(H,30,32). The van der Waals surface area contributed by atoms with Crippen molar-refractivity contribution in [3.05, 3.63) is 130 Å². The predicted octanol–water partition coefficient (Wildman–Crippen LogP) is 5.93. The number of nitrogens with one attached hydrogen (secondary N) is 2. The summed E-state index contributed by atoms with van der Waals surface area (Å²) >= 11 is 0. The van der Waals surface area contributed by atoms with E-state index in [1.54, 1.807) is 49.4 Å². The molecule has 0 aliphatic rings. The molecule has 0 bridgehead atoms. The van der Waals surface area contributed by atoms with E-state index in [-0.39, 0.29) is 16.8 Å². The first-order valence-electron chi connectivity index (χ1n) is 11.4. The number of carbonyl (C=O) groups excluding carboxylic acids is 1. The van der Waals surface area contributed by atoms with Gasteiger partial charge < -0.3 is 5.32 Å². The van der Waals surface area contributed by atoms with Gasteiger partial charge in [-0.1, -0.05) is 72.3 Å². The van der Waals surface area contributed by atoms with Crippen LogP contribution in [0.1, 0.15) is 44.2 Å². The van der Waals surface area contributed by atoms with Crippen LogP contribution in [0, 0.1) is 20.8 Å². The van der Waals surface area contributed by atoms with Crippen LogP contribution < -0.4 is 10.0 Å². The highest BCUT2D eigenvalue weighted by Crippen LogP contribution is 2.26. The van der Waals surface area contributed by atoms with Crippen LogP contribution in [0.4, 0.5) is 5.69 Å². The van der Waals surface area contributed by atoms with Gasteiger partial charge in [0.2, 0.25) is 0 Å². The molecule has 1 amide bonds. The van der Waals surface area contributed by atoms with E-state index in [9.17, 15) is 13.2 Å². The third-order valence-electron chi connectivity index (χ3n) is 5.97. The number of sulfonamides is 1. The number of hydrogen-bond acceptors (Lipinski definition) is 3. The zero-order valence-corrected chi connectivity index (χ0v) is 20.8. The van der Waals surface area contributed by atoms with E-state index < -0.39 is 10.0 Å². The van der Waals surface area contributed by atoms with Gasteiger partial charge in [0.05, 0.1) is 16.6 Å². The fourth-order valence-corrected chi connectivity index (χ4v) is 5.08. The lowest BCUT2D eigenvalue weighted by Gasteiger charge is -2.22. The van der Waals surface area contributed by atoms with Gasteiger partial charge in [0.15, 0.2) is 0 Å². The molecule has 178 valence electrons. The zero-order chi connectivity index (χ0) is 25.0. The molecule has 0 aliphatic carbocycles. The Labute approximate surface area is 206 Å². The Kier molecular flexibility index (Phi) is 7.03. The lowest BCUT2D eigenvalue weighted by Crippen LogP contribution is -2.30. The largest absolute Gasteiger partial charge is 0.341 e. The van der Waals surface area contributed by atoms with Gasteiger partial charge >= 0.3 is 0 Å². The second kappa shape index (κ2) is 10.2. The van der Waals surface area contributed by atoms with Crippen molar-refractivity contribution in [2.45, 2.75) is 31.7 Å². The monoisotopic (exact) mass is 484 g/mol. The third-order valence-corrected chi connectivity index (χ3v) is 7.35. The molecule has 35 heavy (non-hydrogen) atoms. The molecule has 1 unspecified atom stereocenters. The maximum absolute atomic E-state index is 13.3. The number of rotatable bonds is 7. The lowest BCUT2D eigenvalue weighted by atomic mass is 9.94. The van der Waals surface area contributed by atoms with Gasteiger partial charge in [-0.25, -0.2) is 8.42 Å². The molecule has 6 heteroatoms. The summed E-state index contributed by atoms with van der Waals surface area (Å²) in [4.78, 5) is 13.5. The van der Waals surface area contributed by atoms with Crippen molar-refractivity contribution in [2.24, 2.45) is 0 Å². The normalized spacial score (nSPS) is 12.1. The van der Waals surface area contributed by atoms with Crippen LogP contribution in [0.15, 0.2) is 102 Å². The van der Waals surface area contributed by atoms with E-state index in [2.05, 4.69) is 10.0 Å². The Hall–Kier alpha value is -3.90. The number of benzene rings is 4. The summed E-state index contributed by atoms with van der Waals surface area (Å²) in [7, 11) is -3.73. The Morgan fingerprint density at radius 3 is 2.06 bits per heavy atom. The lowest BCUT2D eigenvalue weighted by molar-refractivity contribution is 0.0943. The molecule has 0 fully saturated rings.